The Hall–Kier alpha value is -1.71. The molecule has 1 N–H and O–H groups in total. The zero-order valence-corrected chi connectivity index (χ0v) is 9.28. The first-order valence-corrected chi connectivity index (χ1v) is 4.82. The van der Waals surface area contributed by atoms with Crippen LogP contribution in [0, 0.1) is 0 Å². The van der Waals surface area contributed by atoms with Crippen LogP contribution in [-0.4, -0.2) is 27.0 Å². The maximum absolute atomic E-state index is 5.40. The van der Waals surface area contributed by atoms with Crippen molar-refractivity contribution in [2.24, 2.45) is 5.10 Å². The summed E-state index contributed by atoms with van der Waals surface area (Å²) in [5.74, 6) is 1.47. The highest BCUT2D eigenvalue weighted by atomic mass is 16.5. The van der Waals surface area contributed by atoms with E-state index in [2.05, 4.69) is 10.5 Å². The van der Waals surface area contributed by atoms with E-state index < -0.39 is 0 Å². The number of ether oxygens (including phenoxy) is 2. The molecular weight excluding hydrogens is 192 g/mol. The van der Waals surface area contributed by atoms with Crippen LogP contribution in [0.25, 0.3) is 0 Å². The molecule has 0 unspecified atom stereocenters. The summed E-state index contributed by atoms with van der Waals surface area (Å²) in [7, 11) is 3.37. The van der Waals surface area contributed by atoms with Crippen molar-refractivity contribution in [3.8, 4) is 11.5 Å². The number of nitrogens with zero attached hydrogens (tertiary/aromatic N) is 1. The highest BCUT2D eigenvalue weighted by Crippen LogP contribution is 2.27. The van der Waals surface area contributed by atoms with Crippen LogP contribution >= 0.6 is 0 Å². The first-order valence-electron chi connectivity index (χ1n) is 4.82. The number of rotatable bonds is 5. The van der Waals surface area contributed by atoms with Gasteiger partial charge >= 0.3 is 0 Å². The molecule has 0 saturated heterocycles. The third-order valence-electron chi connectivity index (χ3n) is 1.83. The third kappa shape index (κ3) is 3.16. The number of hydrogen-bond donors (Lipinski definition) is 1. The lowest BCUT2D eigenvalue weighted by molar-refractivity contribution is 0.311. The minimum Gasteiger partial charge on any atom is -0.493 e. The lowest BCUT2D eigenvalue weighted by atomic mass is 10.2. The Kier molecular flexibility index (Phi) is 4.47. The van der Waals surface area contributed by atoms with Crippen LogP contribution in [0.2, 0.25) is 0 Å². The average molecular weight is 208 g/mol. The van der Waals surface area contributed by atoms with E-state index in [-0.39, 0.29) is 0 Å². The molecule has 0 heterocycles. The molecule has 15 heavy (non-hydrogen) atoms. The Bertz CT molecular complexity index is 337. The van der Waals surface area contributed by atoms with Gasteiger partial charge in [0.25, 0.3) is 0 Å². The van der Waals surface area contributed by atoms with Crippen LogP contribution in [0.1, 0.15) is 12.5 Å². The van der Waals surface area contributed by atoms with Gasteiger partial charge in [-0.15, -0.1) is 0 Å². The van der Waals surface area contributed by atoms with E-state index >= 15 is 0 Å². The first kappa shape index (κ1) is 11.4. The summed E-state index contributed by atoms with van der Waals surface area (Å²) in [4.78, 5) is 0. The molecule has 1 aromatic carbocycles. The van der Waals surface area contributed by atoms with E-state index in [0.717, 1.165) is 17.1 Å². The van der Waals surface area contributed by atoms with Gasteiger partial charge in [-0.1, -0.05) is 0 Å². The standard InChI is InChI=1S/C11H16N2O2/c1-4-15-10-6-5-9(8-13-12-2)7-11(10)14-3/h5-8,12H,4H2,1-3H3/b13-8+. The lowest BCUT2D eigenvalue weighted by Gasteiger charge is -2.09. The van der Waals surface area contributed by atoms with Crippen molar-refractivity contribution >= 4 is 6.21 Å². The summed E-state index contributed by atoms with van der Waals surface area (Å²) >= 11 is 0. The molecule has 4 heteroatoms. The van der Waals surface area contributed by atoms with Crippen molar-refractivity contribution in [1.29, 1.82) is 0 Å². The maximum Gasteiger partial charge on any atom is 0.161 e. The number of hydrogen-bond acceptors (Lipinski definition) is 4. The minimum absolute atomic E-state index is 0.625. The van der Waals surface area contributed by atoms with Gasteiger partial charge in [0.15, 0.2) is 11.5 Å². The van der Waals surface area contributed by atoms with Crippen molar-refractivity contribution < 1.29 is 9.47 Å². The summed E-state index contributed by atoms with van der Waals surface area (Å²) in [6, 6.07) is 5.68. The predicted molar refractivity (Wildman–Crippen MR) is 60.8 cm³/mol. The molecule has 0 atom stereocenters. The second-order valence-corrected chi connectivity index (χ2v) is 2.83. The Morgan fingerprint density at radius 3 is 2.80 bits per heavy atom. The number of methoxy groups -OCH3 is 1. The van der Waals surface area contributed by atoms with Gasteiger partial charge in [-0.05, 0) is 30.7 Å². The van der Waals surface area contributed by atoms with Gasteiger partial charge in [-0.25, -0.2) is 0 Å². The maximum atomic E-state index is 5.40. The minimum atomic E-state index is 0.625. The van der Waals surface area contributed by atoms with Crippen LogP contribution in [0.4, 0.5) is 0 Å². The van der Waals surface area contributed by atoms with Gasteiger partial charge in [-0.3, -0.25) is 0 Å². The molecule has 0 bridgehead atoms. The first-order chi connectivity index (χ1) is 7.31. The molecule has 1 rings (SSSR count). The van der Waals surface area contributed by atoms with Crippen LogP contribution in [0.5, 0.6) is 11.5 Å². The van der Waals surface area contributed by atoms with Gasteiger partial charge in [0.05, 0.1) is 19.9 Å². The Morgan fingerprint density at radius 2 is 2.20 bits per heavy atom. The van der Waals surface area contributed by atoms with Crippen molar-refractivity contribution in [2.75, 3.05) is 20.8 Å². The SMILES string of the molecule is CCOc1ccc(/C=N/NC)cc1OC. The van der Waals surface area contributed by atoms with Crippen LogP contribution in [0.3, 0.4) is 0 Å². The van der Waals surface area contributed by atoms with Crippen molar-refractivity contribution in [3.63, 3.8) is 0 Å². The molecule has 82 valence electrons. The molecule has 0 aliphatic carbocycles. The average Bonchev–Trinajstić information content (AvgIpc) is 2.28. The fraction of sp³-hybridized carbons (Fsp3) is 0.364. The molecular formula is C11H16N2O2. The highest BCUT2D eigenvalue weighted by Gasteiger charge is 2.03. The topological polar surface area (TPSA) is 42.8 Å². The van der Waals surface area contributed by atoms with Gasteiger partial charge in [0.1, 0.15) is 0 Å². The largest absolute Gasteiger partial charge is 0.493 e. The van der Waals surface area contributed by atoms with Gasteiger partial charge in [-0.2, -0.15) is 5.10 Å². The Balaban J connectivity index is 2.91. The monoisotopic (exact) mass is 208 g/mol. The summed E-state index contributed by atoms with van der Waals surface area (Å²) in [6.45, 7) is 2.57. The molecule has 0 aliphatic rings. The molecule has 1 aromatic rings. The fourth-order valence-electron chi connectivity index (χ4n) is 1.18. The summed E-state index contributed by atoms with van der Waals surface area (Å²) in [5.41, 5.74) is 3.65. The second-order valence-electron chi connectivity index (χ2n) is 2.83. The van der Waals surface area contributed by atoms with Crippen molar-refractivity contribution in [3.05, 3.63) is 23.8 Å². The van der Waals surface area contributed by atoms with Crippen molar-refractivity contribution in [2.45, 2.75) is 6.92 Å². The van der Waals surface area contributed by atoms with Crippen LogP contribution in [0.15, 0.2) is 23.3 Å². The molecule has 0 spiro atoms. The summed E-state index contributed by atoms with van der Waals surface area (Å²) in [6.07, 6.45) is 1.72. The van der Waals surface area contributed by atoms with Crippen LogP contribution < -0.4 is 14.9 Å². The zero-order valence-electron chi connectivity index (χ0n) is 9.28. The zero-order chi connectivity index (χ0) is 11.1. The van der Waals surface area contributed by atoms with Crippen LogP contribution in [-0.2, 0) is 0 Å². The lowest BCUT2D eigenvalue weighted by Crippen LogP contribution is -1.98. The van der Waals surface area contributed by atoms with E-state index in [1.54, 1.807) is 20.4 Å². The van der Waals surface area contributed by atoms with E-state index in [0.29, 0.717) is 6.61 Å². The fourth-order valence-corrected chi connectivity index (χ4v) is 1.18. The van der Waals surface area contributed by atoms with E-state index in [1.807, 2.05) is 25.1 Å². The molecule has 0 radical (unpaired) electrons. The number of benzene rings is 1. The van der Waals surface area contributed by atoms with E-state index in [4.69, 9.17) is 9.47 Å². The summed E-state index contributed by atoms with van der Waals surface area (Å²) < 4.78 is 10.6. The Labute approximate surface area is 89.9 Å². The highest BCUT2D eigenvalue weighted by molar-refractivity contribution is 5.80. The number of hydrazone groups is 1. The molecule has 0 fully saturated rings. The second kappa shape index (κ2) is 5.90. The Morgan fingerprint density at radius 1 is 1.40 bits per heavy atom. The summed E-state index contributed by atoms with van der Waals surface area (Å²) in [5, 5.41) is 3.92. The van der Waals surface area contributed by atoms with Gasteiger partial charge < -0.3 is 14.9 Å². The van der Waals surface area contributed by atoms with Gasteiger partial charge in [0.2, 0.25) is 0 Å². The molecule has 0 saturated carbocycles. The van der Waals surface area contributed by atoms with Gasteiger partial charge in [0, 0.05) is 7.05 Å². The predicted octanol–water partition coefficient (Wildman–Crippen LogP) is 1.65. The normalized spacial score (nSPS) is 10.3. The molecule has 0 aliphatic heterocycles. The van der Waals surface area contributed by atoms with E-state index in [1.165, 1.54) is 0 Å². The molecule has 4 nitrogen and oxygen atoms in total. The van der Waals surface area contributed by atoms with E-state index in [9.17, 15) is 0 Å². The third-order valence-corrected chi connectivity index (χ3v) is 1.83. The molecule has 0 aromatic heterocycles. The quantitative estimate of drug-likeness (QED) is 0.591. The molecule has 0 amide bonds. The smallest absolute Gasteiger partial charge is 0.161 e. The number of nitrogens with one attached hydrogen (secondary N) is 1. The van der Waals surface area contributed by atoms with Crippen molar-refractivity contribution in [1.82, 2.24) is 5.43 Å².